The SMILES string of the molecule is COc1ccc(-c2cc(-c3cccc4ccccc34)nc3sc(C(=O)Nc4c[n+](C(C)C)no4)c(N)c23)cc1. The van der Waals surface area contributed by atoms with Crippen molar-refractivity contribution in [1.82, 2.24) is 10.3 Å². The molecule has 194 valence electrons. The van der Waals surface area contributed by atoms with E-state index in [-0.39, 0.29) is 17.8 Å². The van der Waals surface area contributed by atoms with Crippen molar-refractivity contribution in [2.45, 2.75) is 19.9 Å². The summed E-state index contributed by atoms with van der Waals surface area (Å²) in [6, 6.07) is 24.3. The van der Waals surface area contributed by atoms with Gasteiger partial charge in [-0.2, -0.15) is 0 Å². The number of nitrogens with one attached hydrogen (secondary N) is 1. The highest BCUT2D eigenvalue weighted by molar-refractivity contribution is 7.21. The number of fused-ring (bicyclic) bond motifs is 2. The lowest BCUT2D eigenvalue weighted by atomic mass is 9.97. The first-order chi connectivity index (χ1) is 18.9. The van der Waals surface area contributed by atoms with Gasteiger partial charge in [-0.25, -0.2) is 4.98 Å². The van der Waals surface area contributed by atoms with Crippen molar-refractivity contribution in [1.29, 1.82) is 0 Å². The van der Waals surface area contributed by atoms with E-state index < -0.39 is 0 Å². The molecule has 3 N–H and O–H groups in total. The lowest BCUT2D eigenvalue weighted by Crippen LogP contribution is -2.36. The molecular formula is C30H26N5O3S+. The smallest absolute Gasteiger partial charge is 0.302 e. The second-order valence-electron chi connectivity index (χ2n) is 9.43. The highest BCUT2D eigenvalue weighted by atomic mass is 32.1. The number of rotatable bonds is 6. The van der Waals surface area contributed by atoms with Crippen LogP contribution in [0.2, 0.25) is 0 Å². The van der Waals surface area contributed by atoms with Crippen molar-refractivity contribution in [3.8, 4) is 28.1 Å². The number of thiophene rings is 1. The Balaban J connectivity index is 1.52. The number of amides is 1. The zero-order valence-electron chi connectivity index (χ0n) is 21.6. The van der Waals surface area contributed by atoms with Crippen LogP contribution < -0.4 is 20.5 Å². The minimum absolute atomic E-state index is 0.0949. The predicted octanol–water partition coefficient (Wildman–Crippen LogP) is 6.48. The van der Waals surface area contributed by atoms with Crippen LogP contribution in [0.1, 0.15) is 29.6 Å². The Kier molecular flexibility index (Phi) is 6.20. The average molecular weight is 537 g/mol. The zero-order valence-corrected chi connectivity index (χ0v) is 22.5. The fourth-order valence-electron chi connectivity index (χ4n) is 4.60. The van der Waals surface area contributed by atoms with Crippen LogP contribution in [0.4, 0.5) is 11.6 Å². The lowest BCUT2D eigenvalue weighted by Gasteiger charge is -2.11. The molecule has 0 unspecified atom stereocenters. The van der Waals surface area contributed by atoms with Crippen LogP contribution in [0.15, 0.2) is 83.5 Å². The summed E-state index contributed by atoms with van der Waals surface area (Å²) >= 11 is 1.25. The minimum atomic E-state index is -0.380. The topological polar surface area (TPSA) is 107 Å². The summed E-state index contributed by atoms with van der Waals surface area (Å²) < 4.78 is 12.3. The van der Waals surface area contributed by atoms with E-state index >= 15 is 0 Å². The molecule has 0 saturated carbocycles. The first kappa shape index (κ1) is 24.6. The van der Waals surface area contributed by atoms with E-state index in [1.165, 1.54) is 11.3 Å². The van der Waals surface area contributed by atoms with Gasteiger partial charge < -0.3 is 10.5 Å². The molecule has 3 aromatic carbocycles. The van der Waals surface area contributed by atoms with Crippen LogP contribution in [0.5, 0.6) is 5.75 Å². The molecule has 9 heteroatoms. The number of nitrogens with zero attached hydrogens (tertiary/aromatic N) is 3. The molecule has 0 radical (unpaired) electrons. The van der Waals surface area contributed by atoms with Gasteiger partial charge in [0.15, 0.2) is 6.04 Å². The normalized spacial score (nSPS) is 11.4. The maximum absolute atomic E-state index is 13.3. The Labute approximate surface area is 228 Å². The summed E-state index contributed by atoms with van der Waals surface area (Å²) in [6.45, 7) is 3.94. The third-order valence-electron chi connectivity index (χ3n) is 6.62. The molecule has 0 saturated heterocycles. The zero-order chi connectivity index (χ0) is 27.1. The van der Waals surface area contributed by atoms with Crippen LogP contribution in [-0.4, -0.2) is 23.3 Å². The molecule has 0 aliphatic rings. The maximum atomic E-state index is 13.3. The molecule has 0 aliphatic heterocycles. The number of nitrogen functional groups attached to an aromatic ring is 1. The number of nitrogens with two attached hydrogens (primary N) is 1. The van der Waals surface area contributed by atoms with Crippen molar-refractivity contribution in [2.24, 2.45) is 0 Å². The number of pyridine rings is 1. The van der Waals surface area contributed by atoms with Crippen molar-refractivity contribution in [2.75, 3.05) is 18.2 Å². The molecule has 3 heterocycles. The molecule has 0 atom stereocenters. The van der Waals surface area contributed by atoms with Gasteiger partial charge in [0.1, 0.15) is 15.5 Å². The van der Waals surface area contributed by atoms with Gasteiger partial charge in [-0.3, -0.25) is 14.6 Å². The number of hydrogen-bond donors (Lipinski definition) is 2. The monoisotopic (exact) mass is 536 g/mol. The van der Waals surface area contributed by atoms with Crippen molar-refractivity contribution in [3.05, 3.63) is 83.9 Å². The second-order valence-corrected chi connectivity index (χ2v) is 10.4. The van der Waals surface area contributed by atoms with E-state index in [0.29, 0.717) is 15.4 Å². The van der Waals surface area contributed by atoms with Crippen LogP contribution in [0, 0.1) is 0 Å². The third-order valence-corrected chi connectivity index (χ3v) is 7.72. The van der Waals surface area contributed by atoms with Crippen LogP contribution in [0.3, 0.4) is 0 Å². The second kappa shape index (κ2) is 9.85. The van der Waals surface area contributed by atoms with Gasteiger partial charge in [0.25, 0.3) is 12.1 Å². The van der Waals surface area contributed by atoms with Gasteiger partial charge >= 0.3 is 5.88 Å². The Morgan fingerprint density at radius 3 is 2.56 bits per heavy atom. The minimum Gasteiger partial charge on any atom is -0.497 e. The number of aromatic nitrogens is 3. The quantitative estimate of drug-likeness (QED) is 0.236. The van der Waals surface area contributed by atoms with Crippen molar-refractivity contribution >= 4 is 49.8 Å². The number of anilines is 2. The summed E-state index contributed by atoms with van der Waals surface area (Å²) in [5.74, 6) is 0.614. The highest BCUT2D eigenvalue weighted by Crippen LogP contribution is 2.42. The highest BCUT2D eigenvalue weighted by Gasteiger charge is 2.24. The van der Waals surface area contributed by atoms with E-state index in [1.807, 2.05) is 62.4 Å². The van der Waals surface area contributed by atoms with E-state index in [0.717, 1.165) is 44.3 Å². The van der Waals surface area contributed by atoms with Gasteiger partial charge in [-0.05, 0) is 58.6 Å². The van der Waals surface area contributed by atoms with E-state index in [1.54, 1.807) is 18.0 Å². The van der Waals surface area contributed by atoms with Gasteiger partial charge in [-0.1, -0.05) is 54.6 Å². The van der Waals surface area contributed by atoms with Gasteiger partial charge in [-0.15, -0.1) is 11.3 Å². The summed E-state index contributed by atoms with van der Waals surface area (Å²) in [5.41, 5.74) is 10.6. The molecule has 3 aromatic heterocycles. The van der Waals surface area contributed by atoms with Crippen molar-refractivity contribution in [3.63, 3.8) is 0 Å². The lowest BCUT2D eigenvalue weighted by molar-refractivity contribution is -0.779. The Hall–Kier alpha value is -4.76. The maximum Gasteiger partial charge on any atom is 0.302 e. The fraction of sp³-hybridized carbons (Fsp3) is 0.133. The molecule has 39 heavy (non-hydrogen) atoms. The number of ether oxygens (including phenoxy) is 1. The van der Waals surface area contributed by atoms with E-state index in [9.17, 15) is 4.79 Å². The van der Waals surface area contributed by atoms with Crippen LogP contribution in [0.25, 0.3) is 43.4 Å². The Morgan fingerprint density at radius 2 is 1.82 bits per heavy atom. The fourth-order valence-corrected chi connectivity index (χ4v) is 5.62. The van der Waals surface area contributed by atoms with E-state index in [2.05, 4.69) is 34.9 Å². The number of hydrogen-bond acceptors (Lipinski definition) is 7. The van der Waals surface area contributed by atoms with Gasteiger partial charge in [0.2, 0.25) is 5.27 Å². The summed E-state index contributed by atoms with van der Waals surface area (Å²) in [6.07, 6.45) is 1.64. The number of carbonyl (C=O) groups excluding carboxylic acids is 1. The number of benzene rings is 3. The third kappa shape index (κ3) is 4.46. The van der Waals surface area contributed by atoms with Crippen molar-refractivity contribution < 1.29 is 18.7 Å². The Bertz CT molecular complexity index is 1830. The number of methoxy groups -OCH3 is 1. The summed E-state index contributed by atoms with van der Waals surface area (Å²) in [7, 11) is 1.64. The first-order valence-corrected chi connectivity index (χ1v) is 13.3. The van der Waals surface area contributed by atoms with Gasteiger partial charge in [0.05, 0.1) is 18.5 Å². The standard InChI is InChI=1S/C30H25N5O3S/c1-17(2)35-16-25(38-34-35)33-29(36)28-27(31)26-23(19-11-13-20(37-3)14-12-19)15-24(32-30(26)39-28)22-10-6-8-18-7-4-5-9-21(18)22/h4-17H,1-3H3,(H2-,31,33,34,36)/p+1. The Morgan fingerprint density at radius 1 is 1.05 bits per heavy atom. The molecule has 0 bridgehead atoms. The molecule has 6 aromatic rings. The average Bonchev–Trinajstić information content (AvgIpc) is 3.57. The number of carbonyl (C=O) groups is 1. The molecule has 0 spiro atoms. The van der Waals surface area contributed by atoms with Gasteiger partial charge in [0, 0.05) is 10.9 Å². The molecule has 6 rings (SSSR count). The van der Waals surface area contributed by atoms with Crippen LogP contribution >= 0.6 is 11.3 Å². The molecule has 0 aliphatic carbocycles. The van der Waals surface area contributed by atoms with Crippen LogP contribution in [-0.2, 0) is 0 Å². The molecular weight excluding hydrogens is 510 g/mol. The predicted molar refractivity (Wildman–Crippen MR) is 154 cm³/mol. The first-order valence-electron chi connectivity index (χ1n) is 12.5. The summed E-state index contributed by atoms with van der Waals surface area (Å²) in [5, 5.41) is 9.67. The largest absolute Gasteiger partial charge is 0.497 e. The summed E-state index contributed by atoms with van der Waals surface area (Å²) in [4.78, 5) is 19.4. The molecule has 0 fully saturated rings. The molecule has 1 amide bonds. The molecule has 8 nitrogen and oxygen atoms in total. The van der Waals surface area contributed by atoms with E-state index in [4.69, 9.17) is 20.0 Å².